The van der Waals surface area contributed by atoms with Crippen LogP contribution in [0.25, 0.3) is 0 Å². The lowest BCUT2D eigenvalue weighted by Gasteiger charge is -2.17. The van der Waals surface area contributed by atoms with Gasteiger partial charge in [-0.1, -0.05) is 6.42 Å². The predicted octanol–water partition coefficient (Wildman–Crippen LogP) is 2.85. The molecule has 0 heterocycles. The van der Waals surface area contributed by atoms with Gasteiger partial charge in [-0.05, 0) is 46.5 Å². The summed E-state index contributed by atoms with van der Waals surface area (Å²) in [5.74, 6) is 0. The van der Waals surface area contributed by atoms with Crippen molar-refractivity contribution in [2.75, 3.05) is 0 Å². The van der Waals surface area contributed by atoms with Gasteiger partial charge in [0.1, 0.15) is 11.0 Å². The molecule has 0 bridgehead atoms. The summed E-state index contributed by atoms with van der Waals surface area (Å²) in [6, 6.07) is 0. The molecule has 0 radical (unpaired) electrons. The highest BCUT2D eigenvalue weighted by atomic mass is 32.2. The molecule has 0 saturated heterocycles. The highest BCUT2D eigenvalue weighted by Crippen LogP contribution is 2.18. The summed E-state index contributed by atoms with van der Waals surface area (Å²) < 4.78 is 15.7. The molecule has 0 aromatic carbocycles. The Labute approximate surface area is 83.4 Å². The molecule has 0 amide bonds. The van der Waals surface area contributed by atoms with Crippen molar-refractivity contribution in [2.45, 2.75) is 57.6 Å². The van der Waals surface area contributed by atoms with Gasteiger partial charge in [0.2, 0.25) is 0 Å². The maximum absolute atomic E-state index is 11.7. The van der Waals surface area contributed by atoms with Crippen molar-refractivity contribution in [1.82, 2.24) is 0 Å². The first-order chi connectivity index (χ1) is 6.00. The van der Waals surface area contributed by atoms with Gasteiger partial charge < -0.3 is 0 Å². The summed E-state index contributed by atoms with van der Waals surface area (Å²) in [4.78, 5) is 0. The van der Waals surface area contributed by atoms with Gasteiger partial charge in [-0.25, -0.2) is 4.21 Å². The van der Waals surface area contributed by atoms with Crippen molar-refractivity contribution in [1.29, 1.82) is 0 Å². The largest absolute Gasteiger partial charge is 0.234 e. The van der Waals surface area contributed by atoms with Gasteiger partial charge >= 0.3 is 0 Å². The third kappa shape index (κ3) is 3.59. The van der Waals surface area contributed by atoms with Gasteiger partial charge in [0.05, 0.1) is 4.75 Å². The van der Waals surface area contributed by atoms with Gasteiger partial charge in [-0.2, -0.15) is 4.40 Å². The van der Waals surface area contributed by atoms with E-state index in [-0.39, 0.29) is 4.75 Å². The highest BCUT2D eigenvalue weighted by Gasteiger charge is 2.20. The first kappa shape index (κ1) is 10.9. The Bertz CT molecular complexity index is 220. The predicted molar refractivity (Wildman–Crippen MR) is 58.4 cm³/mol. The number of hydrogen-bond donors (Lipinski definition) is 0. The van der Waals surface area contributed by atoms with Crippen LogP contribution < -0.4 is 0 Å². The molecular formula is C10H19NOS. The van der Waals surface area contributed by atoms with Gasteiger partial charge in [-0.3, -0.25) is 0 Å². The molecule has 0 spiro atoms. The second kappa shape index (κ2) is 4.36. The van der Waals surface area contributed by atoms with Gasteiger partial charge in [-0.15, -0.1) is 0 Å². The fourth-order valence-electron chi connectivity index (χ4n) is 1.31. The fourth-order valence-corrected chi connectivity index (χ4v) is 2.00. The first-order valence-corrected chi connectivity index (χ1v) is 6.09. The quantitative estimate of drug-likeness (QED) is 0.641. The van der Waals surface area contributed by atoms with Crippen LogP contribution in [-0.4, -0.2) is 14.7 Å². The van der Waals surface area contributed by atoms with Gasteiger partial charge in [0, 0.05) is 5.71 Å². The van der Waals surface area contributed by atoms with Crippen LogP contribution >= 0.6 is 0 Å². The van der Waals surface area contributed by atoms with E-state index in [2.05, 4.69) is 4.40 Å². The van der Waals surface area contributed by atoms with Crippen LogP contribution in [0, 0.1) is 0 Å². The zero-order chi connectivity index (χ0) is 9.90. The maximum Gasteiger partial charge on any atom is 0.144 e. The molecule has 1 fully saturated rings. The molecule has 0 N–H and O–H groups in total. The molecule has 13 heavy (non-hydrogen) atoms. The zero-order valence-electron chi connectivity index (χ0n) is 8.80. The summed E-state index contributed by atoms with van der Waals surface area (Å²) in [6.45, 7) is 5.90. The number of rotatable bonds is 1. The Morgan fingerprint density at radius 1 is 1.15 bits per heavy atom. The summed E-state index contributed by atoms with van der Waals surface area (Å²) in [5, 5.41) is 0. The van der Waals surface area contributed by atoms with Crippen molar-refractivity contribution >= 4 is 16.7 Å². The molecule has 1 rings (SSSR count). The Balaban J connectivity index is 2.59. The lowest BCUT2D eigenvalue weighted by atomic mass is 9.99. The smallest absolute Gasteiger partial charge is 0.144 e. The lowest BCUT2D eigenvalue weighted by molar-refractivity contribution is 0.646. The molecule has 2 nitrogen and oxygen atoms in total. The summed E-state index contributed by atoms with van der Waals surface area (Å²) >= 11 is 0. The van der Waals surface area contributed by atoms with Crippen molar-refractivity contribution < 1.29 is 4.21 Å². The molecule has 0 aromatic heterocycles. The fraction of sp³-hybridized carbons (Fsp3) is 0.900. The third-order valence-corrected chi connectivity index (χ3v) is 3.64. The molecule has 3 heteroatoms. The monoisotopic (exact) mass is 201 g/mol. The Hall–Kier alpha value is -0.180. The van der Waals surface area contributed by atoms with E-state index in [1.54, 1.807) is 0 Å². The highest BCUT2D eigenvalue weighted by molar-refractivity contribution is 7.85. The van der Waals surface area contributed by atoms with Crippen LogP contribution in [0.5, 0.6) is 0 Å². The number of hydrogen-bond acceptors (Lipinski definition) is 1. The Morgan fingerprint density at radius 2 is 1.69 bits per heavy atom. The topological polar surface area (TPSA) is 29.4 Å². The average molecular weight is 201 g/mol. The normalized spacial score (nSPS) is 21.3. The zero-order valence-corrected chi connectivity index (χ0v) is 9.62. The first-order valence-electron chi connectivity index (χ1n) is 4.98. The van der Waals surface area contributed by atoms with E-state index in [0.717, 1.165) is 12.8 Å². The van der Waals surface area contributed by atoms with Gasteiger partial charge in [0.15, 0.2) is 0 Å². The second-order valence-electron chi connectivity index (χ2n) is 4.58. The minimum atomic E-state index is -1.05. The van der Waals surface area contributed by atoms with Crippen LogP contribution in [0.2, 0.25) is 0 Å². The summed E-state index contributed by atoms with van der Waals surface area (Å²) in [5.41, 5.74) is 1.17. The molecule has 76 valence electrons. The minimum absolute atomic E-state index is 0.204. The molecule has 1 aliphatic rings. The Kier molecular flexibility index (Phi) is 3.65. The van der Waals surface area contributed by atoms with E-state index < -0.39 is 11.0 Å². The third-order valence-electron chi connectivity index (χ3n) is 2.17. The average Bonchev–Trinajstić information content (AvgIpc) is 2.04. The summed E-state index contributed by atoms with van der Waals surface area (Å²) in [7, 11) is -1.05. The van der Waals surface area contributed by atoms with E-state index >= 15 is 0 Å². The van der Waals surface area contributed by atoms with Crippen LogP contribution in [0.15, 0.2) is 4.40 Å². The van der Waals surface area contributed by atoms with E-state index in [1.165, 1.54) is 25.0 Å². The van der Waals surface area contributed by atoms with Crippen molar-refractivity contribution in [3.8, 4) is 0 Å². The van der Waals surface area contributed by atoms with Gasteiger partial charge in [0.25, 0.3) is 0 Å². The molecule has 0 aromatic rings. The summed E-state index contributed by atoms with van der Waals surface area (Å²) in [6.07, 6.45) is 5.87. The van der Waals surface area contributed by atoms with Crippen molar-refractivity contribution in [2.24, 2.45) is 4.40 Å². The van der Waals surface area contributed by atoms with E-state index in [9.17, 15) is 4.21 Å². The van der Waals surface area contributed by atoms with E-state index in [0.29, 0.717) is 0 Å². The molecule has 0 aliphatic heterocycles. The van der Waals surface area contributed by atoms with Crippen LogP contribution in [-0.2, 0) is 11.0 Å². The molecule has 1 aliphatic carbocycles. The Morgan fingerprint density at radius 3 is 2.15 bits per heavy atom. The van der Waals surface area contributed by atoms with Crippen molar-refractivity contribution in [3.05, 3.63) is 0 Å². The molecule has 1 saturated carbocycles. The van der Waals surface area contributed by atoms with Crippen LogP contribution in [0.3, 0.4) is 0 Å². The number of nitrogens with zero attached hydrogens (tertiary/aromatic N) is 1. The maximum atomic E-state index is 11.7. The standard InChI is InChI=1S/C10H19NOS/c1-10(2,3)13(12)11-9-7-5-4-6-8-9/h4-8H2,1-3H3/t13-/m1/s1. The van der Waals surface area contributed by atoms with Crippen molar-refractivity contribution in [3.63, 3.8) is 0 Å². The van der Waals surface area contributed by atoms with E-state index in [1.807, 2.05) is 20.8 Å². The SMILES string of the molecule is CC(C)(C)[S@@](=O)N=C1CCCCC1. The lowest BCUT2D eigenvalue weighted by Crippen LogP contribution is -2.21. The molecular weight excluding hydrogens is 182 g/mol. The van der Waals surface area contributed by atoms with Crippen LogP contribution in [0.1, 0.15) is 52.9 Å². The minimum Gasteiger partial charge on any atom is -0.234 e. The van der Waals surface area contributed by atoms with E-state index in [4.69, 9.17) is 0 Å². The molecule has 0 unspecified atom stereocenters. The van der Waals surface area contributed by atoms with Crippen LogP contribution in [0.4, 0.5) is 0 Å². The second-order valence-corrected chi connectivity index (χ2v) is 6.49. The molecule has 1 atom stereocenters.